The molecule has 18 heavy (non-hydrogen) atoms. The monoisotopic (exact) mass is 252 g/mol. The molecule has 2 saturated carbocycles. The lowest BCUT2D eigenvalue weighted by Gasteiger charge is -2.44. The topological polar surface area (TPSA) is 29.3 Å². The molecule has 0 aliphatic heterocycles. The molecule has 0 aromatic heterocycles. The maximum Gasteiger partial charge on any atom is 0.0138 e. The average Bonchev–Trinajstić information content (AvgIpc) is 2.88. The molecule has 4 unspecified atom stereocenters. The Kier molecular flexibility index (Phi) is 5.50. The first-order chi connectivity index (χ1) is 8.81. The second kappa shape index (κ2) is 6.91. The zero-order valence-electron chi connectivity index (χ0n) is 12.4. The van der Waals surface area contributed by atoms with Gasteiger partial charge in [0.05, 0.1) is 0 Å². The van der Waals surface area contributed by atoms with Gasteiger partial charge in [0.2, 0.25) is 0 Å². The van der Waals surface area contributed by atoms with Gasteiger partial charge in [-0.2, -0.15) is 0 Å². The van der Waals surface area contributed by atoms with Crippen molar-refractivity contribution in [3.8, 4) is 0 Å². The molecule has 0 saturated heterocycles. The Bertz CT molecular complexity index is 241. The molecular formula is C16H32N2. The maximum atomic E-state index is 5.99. The van der Waals surface area contributed by atoms with Crippen LogP contribution in [0, 0.1) is 11.8 Å². The number of hydrogen-bond acceptors (Lipinski definition) is 2. The van der Waals surface area contributed by atoms with Crippen LogP contribution in [-0.4, -0.2) is 30.1 Å². The lowest BCUT2D eigenvalue weighted by Crippen LogP contribution is -2.50. The van der Waals surface area contributed by atoms with E-state index < -0.39 is 0 Å². The van der Waals surface area contributed by atoms with E-state index in [-0.39, 0.29) is 0 Å². The van der Waals surface area contributed by atoms with Crippen molar-refractivity contribution in [3.05, 3.63) is 0 Å². The van der Waals surface area contributed by atoms with Crippen molar-refractivity contribution in [1.29, 1.82) is 0 Å². The first kappa shape index (κ1) is 14.3. The summed E-state index contributed by atoms with van der Waals surface area (Å²) in [6, 6.07) is 1.64. The first-order valence-corrected chi connectivity index (χ1v) is 8.27. The summed E-state index contributed by atoms with van der Waals surface area (Å²) in [6.07, 6.45) is 11.3. The van der Waals surface area contributed by atoms with Crippen molar-refractivity contribution in [2.45, 2.75) is 77.3 Å². The normalized spacial score (nSPS) is 37.3. The van der Waals surface area contributed by atoms with Crippen molar-refractivity contribution < 1.29 is 0 Å². The van der Waals surface area contributed by atoms with Crippen molar-refractivity contribution in [2.24, 2.45) is 17.6 Å². The minimum atomic E-state index is 0.768. The second-order valence-corrected chi connectivity index (χ2v) is 6.34. The van der Waals surface area contributed by atoms with Gasteiger partial charge in [0.1, 0.15) is 0 Å². The van der Waals surface area contributed by atoms with Gasteiger partial charge < -0.3 is 5.73 Å². The van der Waals surface area contributed by atoms with Crippen LogP contribution in [0.1, 0.15) is 65.2 Å². The third kappa shape index (κ3) is 2.91. The van der Waals surface area contributed by atoms with Crippen molar-refractivity contribution in [2.75, 3.05) is 13.1 Å². The molecule has 0 aromatic carbocycles. The van der Waals surface area contributed by atoms with E-state index in [9.17, 15) is 0 Å². The van der Waals surface area contributed by atoms with E-state index >= 15 is 0 Å². The summed E-state index contributed by atoms with van der Waals surface area (Å²) in [5.41, 5.74) is 5.99. The summed E-state index contributed by atoms with van der Waals surface area (Å²) >= 11 is 0. The number of hydrogen-bond donors (Lipinski definition) is 1. The van der Waals surface area contributed by atoms with Crippen LogP contribution in [-0.2, 0) is 0 Å². The van der Waals surface area contributed by atoms with Gasteiger partial charge in [-0.25, -0.2) is 0 Å². The van der Waals surface area contributed by atoms with E-state index in [0.29, 0.717) is 0 Å². The van der Waals surface area contributed by atoms with Crippen LogP contribution in [0.25, 0.3) is 0 Å². The summed E-state index contributed by atoms with van der Waals surface area (Å²) in [4.78, 5) is 2.85. The molecule has 2 fully saturated rings. The fourth-order valence-corrected chi connectivity index (χ4v) is 4.54. The van der Waals surface area contributed by atoms with Gasteiger partial charge in [0, 0.05) is 12.1 Å². The van der Waals surface area contributed by atoms with Crippen LogP contribution >= 0.6 is 0 Å². The molecule has 2 aliphatic carbocycles. The molecule has 0 aromatic rings. The highest BCUT2D eigenvalue weighted by molar-refractivity contribution is 4.92. The molecule has 0 radical (unpaired) electrons. The van der Waals surface area contributed by atoms with E-state index in [4.69, 9.17) is 5.73 Å². The van der Waals surface area contributed by atoms with Crippen molar-refractivity contribution in [3.63, 3.8) is 0 Å². The smallest absolute Gasteiger partial charge is 0.0138 e. The summed E-state index contributed by atoms with van der Waals surface area (Å²) in [7, 11) is 0. The van der Waals surface area contributed by atoms with Crippen molar-refractivity contribution in [1.82, 2.24) is 4.90 Å². The van der Waals surface area contributed by atoms with Crippen molar-refractivity contribution >= 4 is 0 Å². The molecule has 4 atom stereocenters. The van der Waals surface area contributed by atoms with Gasteiger partial charge in [-0.05, 0) is 50.6 Å². The van der Waals surface area contributed by atoms with E-state index in [1.165, 1.54) is 57.9 Å². The minimum absolute atomic E-state index is 0.768. The molecule has 106 valence electrons. The Morgan fingerprint density at radius 2 is 1.50 bits per heavy atom. The van der Waals surface area contributed by atoms with Gasteiger partial charge in [-0.15, -0.1) is 0 Å². The fraction of sp³-hybridized carbons (Fsp3) is 1.00. The quantitative estimate of drug-likeness (QED) is 0.812. The summed E-state index contributed by atoms with van der Waals surface area (Å²) in [5.74, 6) is 1.71. The van der Waals surface area contributed by atoms with Crippen LogP contribution in [0.15, 0.2) is 0 Å². The van der Waals surface area contributed by atoms with Crippen LogP contribution in [0.5, 0.6) is 0 Å². The second-order valence-electron chi connectivity index (χ2n) is 6.34. The van der Waals surface area contributed by atoms with E-state index in [1.807, 2.05) is 0 Å². The standard InChI is InChI=1S/C16H32N2/c1-3-13-8-5-6-10-15(13)18(4-2)16-11-7-9-14(16)12-17/h13-16H,3-12,17H2,1-2H3. The largest absolute Gasteiger partial charge is 0.330 e. The molecule has 0 bridgehead atoms. The number of nitrogens with two attached hydrogens (primary N) is 1. The Labute approximate surface area is 113 Å². The van der Waals surface area contributed by atoms with Crippen LogP contribution in [0.3, 0.4) is 0 Å². The number of rotatable bonds is 5. The van der Waals surface area contributed by atoms with Gasteiger partial charge in [-0.1, -0.05) is 39.5 Å². The van der Waals surface area contributed by atoms with Gasteiger partial charge in [0.15, 0.2) is 0 Å². The predicted octanol–water partition coefficient (Wildman–Crippen LogP) is 3.40. The molecule has 2 N–H and O–H groups in total. The average molecular weight is 252 g/mol. The zero-order valence-corrected chi connectivity index (χ0v) is 12.4. The molecule has 2 nitrogen and oxygen atoms in total. The molecule has 0 heterocycles. The van der Waals surface area contributed by atoms with E-state index in [1.54, 1.807) is 0 Å². The highest BCUT2D eigenvalue weighted by Crippen LogP contribution is 2.37. The first-order valence-electron chi connectivity index (χ1n) is 8.27. The molecular weight excluding hydrogens is 220 g/mol. The van der Waals surface area contributed by atoms with Crippen LogP contribution in [0.4, 0.5) is 0 Å². The third-order valence-electron chi connectivity index (χ3n) is 5.53. The lowest BCUT2D eigenvalue weighted by molar-refractivity contribution is 0.0507. The number of nitrogens with zero attached hydrogens (tertiary/aromatic N) is 1. The molecule has 0 spiro atoms. The van der Waals surface area contributed by atoms with Gasteiger partial charge in [-0.3, -0.25) is 4.90 Å². The van der Waals surface area contributed by atoms with Crippen LogP contribution < -0.4 is 5.73 Å². The Hall–Kier alpha value is -0.0800. The summed E-state index contributed by atoms with van der Waals surface area (Å²) in [5, 5.41) is 0. The maximum absolute atomic E-state index is 5.99. The van der Waals surface area contributed by atoms with E-state index in [2.05, 4.69) is 18.7 Å². The molecule has 2 aliphatic rings. The van der Waals surface area contributed by atoms with Gasteiger partial charge >= 0.3 is 0 Å². The SMILES string of the molecule is CCC1CCCCC1N(CC)C1CCCC1CN. The van der Waals surface area contributed by atoms with E-state index in [0.717, 1.165) is 30.5 Å². The Morgan fingerprint density at radius 1 is 0.889 bits per heavy atom. The third-order valence-corrected chi connectivity index (χ3v) is 5.53. The zero-order chi connectivity index (χ0) is 13.0. The Morgan fingerprint density at radius 3 is 2.17 bits per heavy atom. The van der Waals surface area contributed by atoms with Crippen LogP contribution in [0.2, 0.25) is 0 Å². The lowest BCUT2D eigenvalue weighted by atomic mass is 9.80. The minimum Gasteiger partial charge on any atom is -0.330 e. The fourth-order valence-electron chi connectivity index (χ4n) is 4.54. The Balaban J connectivity index is 2.06. The predicted molar refractivity (Wildman–Crippen MR) is 78.6 cm³/mol. The highest BCUT2D eigenvalue weighted by Gasteiger charge is 2.37. The summed E-state index contributed by atoms with van der Waals surface area (Å²) < 4.78 is 0. The molecule has 0 amide bonds. The molecule has 2 heteroatoms. The highest BCUT2D eigenvalue weighted by atomic mass is 15.2. The van der Waals surface area contributed by atoms with Gasteiger partial charge in [0.25, 0.3) is 0 Å². The summed E-state index contributed by atoms with van der Waals surface area (Å²) in [6.45, 7) is 6.85. The molecule has 2 rings (SSSR count).